The number of ketones is 4. The van der Waals surface area contributed by atoms with Gasteiger partial charge in [-0.05, 0) is 139 Å². The Hall–Kier alpha value is -8.24. The summed E-state index contributed by atoms with van der Waals surface area (Å²) in [6.07, 6.45) is 19.6. The van der Waals surface area contributed by atoms with Gasteiger partial charge in [-0.25, -0.2) is 39.1 Å². The number of carbonyl (C=O) groups is 8. The summed E-state index contributed by atoms with van der Waals surface area (Å²) in [6, 6.07) is 14.7. The number of rotatable bonds is 16. The number of pyridine rings is 4. The van der Waals surface area contributed by atoms with E-state index in [0.29, 0.717) is 85.2 Å². The molecule has 8 aromatic heterocycles. The summed E-state index contributed by atoms with van der Waals surface area (Å²) < 4.78 is 22.3. The molecule has 23 nitrogen and oxygen atoms in total. The molecule has 0 unspecified atom stereocenters. The van der Waals surface area contributed by atoms with Gasteiger partial charge in [0.1, 0.15) is 34.2 Å². The fraction of sp³-hybridized carbons (Fsp3) is 0.259. The van der Waals surface area contributed by atoms with Crippen LogP contribution in [0.5, 0.6) is 0 Å². The predicted octanol–water partition coefficient (Wildman–Crippen LogP) is 5.36. The molecule has 0 amide bonds. The number of carboxylic acids is 1. The van der Waals surface area contributed by atoms with Gasteiger partial charge >= 0.3 is 42.7 Å². The van der Waals surface area contributed by atoms with Gasteiger partial charge < -0.3 is 45.5 Å². The van der Waals surface area contributed by atoms with Gasteiger partial charge in [-0.1, -0.05) is 28.6 Å². The average Bonchev–Trinajstić information content (AvgIpc) is 4.26. The van der Waals surface area contributed by atoms with E-state index < -0.39 is 11.9 Å². The van der Waals surface area contributed by atoms with E-state index in [4.69, 9.17) is 24.5 Å². The van der Waals surface area contributed by atoms with Crippen LogP contribution in [0, 0.1) is 0 Å². The van der Waals surface area contributed by atoms with Crippen LogP contribution in [0.1, 0.15) is 120 Å². The van der Waals surface area contributed by atoms with Crippen molar-refractivity contribution in [3.8, 4) is 0 Å². The molecule has 4 N–H and O–H groups in total. The Kier molecular flexibility index (Phi) is 29.2. The Labute approximate surface area is 474 Å². The Morgan fingerprint density at radius 3 is 1.29 bits per heavy atom. The molecule has 0 atom stereocenters. The molecule has 0 aromatic carbocycles. The number of imidazole rings is 4. The molecular weight excluding hydrogens is 1080 g/mol. The third-order valence-corrected chi connectivity index (χ3v) is 10.7. The molecule has 0 saturated heterocycles. The minimum Gasteiger partial charge on any atom is -0.488 e. The number of nitrogens with two attached hydrogens (primary N) is 1. The maximum absolute atomic E-state index is 11.7. The first-order valence-corrected chi connectivity index (χ1v) is 24.6. The monoisotopic (exact) mass is 1140 g/mol. The number of hydrogen-bond acceptors (Lipinski definition) is 17. The van der Waals surface area contributed by atoms with Crippen LogP contribution >= 0.6 is 15.9 Å². The normalized spacial score (nSPS) is 10.2. The number of Topliss-reactive ketones (excluding diaryl/α,β-unsaturated/α-hetero) is 2. The molecule has 0 aliphatic carbocycles. The second-order valence-electron chi connectivity index (χ2n) is 16.1. The minimum atomic E-state index is -1.01. The summed E-state index contributed by atoms with van der Waals surface area (Å²) in [4.78, 5) is 105. The van der Waals surface area contributed by atoms with Crippen LogP contribution in [0.3, 0.4) is 0 Å². The molecule has 79 heavy (non-hydrogen) atoms. The zero-order valence-electron chi connectivity index (χ0n) is 45.0. The average molecular weight is 1140 g/mol. The first kappa shape index (κ1) is 66.9. The number of nitrogens with zero attached hydrogens (tertiary/aromatic N) is 9. The summed E-state index contributed by atoms with van der Waals surface area (Å²) in [6.45, 7) is 15.6. The van der Waals surface area contributed by atoms with Crippen LogP contribution in [0.25, 0.3) is 34.3 Å². The molecule has 0 saturated carbocycles. The molecule has 8 rings (SSSR count). The van der Waals surface area contributed by atoms with E-state index in [9.17, 15) is 38.4 Å². The fourth-order valence-corrected chi connectivity index (χ4v) is 6.82. The van der Waals surface area contributed by atoms with Crippen LogP contribution in [0.4, 0.5) is 0 Å². The predicted molar refractivity (Wildman–Crippen MR) is 291 cm³/mol. The summed E-state index contributed by atoms with van der Waals surface area (Å²) in [7, 11) is 0. The van der Waals surface area contributed by atoms with Crippen molar-refractivity contribution in [2.24, 2.45) is 5.84 Å². The van der Waals surface area contributed by atoms with Crippen molar-refractivity contribution in [1.82, 2.24) is 37.5 Å². The summed E-state index contributed by atoms with van der Waals surface area (Å²) in [5.41, 5.74) is 8.86. The van der Waals surface area contributed by atoms with E-state index >= 15 is 0 Å². The van der Waals surface area contributed by atoms with Gasteiger partial charge in [-0.2, -0.15) is 0 Å². The van der Waals surface area contributed by atoms with Crippen molar-refractivity contribution in [2.45, 2.75) is 74.1 Å². The first-order chi connectivity index (χ1) is 37.2. The number of hydrogen-bond donors (Lipinski definition) is 3. The first-order valence-electron chi connectivity index (χ1n) is 23.8. The molecule has 0 aliphatic rings. The molecule has 0 radical (unpaired) electrons. The van der Waals surface area contributed by atoms with Gasteiger partial charge in [0.15, 0.2) is 34.3 Å². The van der Waals surface area contributed by atoms with Crippen molar-refractivity contribution >= 4 is 91.6 Å². The summed E-state index contributed by atoms with van der Waals surface area (Å²) in [5, 5.41) is 15.9. The van der Waals surface area contributed by atoms with Crippen molar-refractivity contribution < 1.29 is 81.7 Å². The molecule has 25 heteroatoms. The number of fused-ring (bicyclic) bond motifs is 4. The van der Waals surface area contributed by atoms with Crippen LogP contribution in [0.2, 0.25) is 0 Å². The Morgan fingerprint density at radius 2 is 0.937 bits per heavy atom. The fourth-order valence-electron chi connectivity index (χ4n) is 6.49. The molecule has 0 aliphatic heterocycles. The van der Waals surface area contributed by atoms with Gasteiger partial charge in [0.05, 0.1) is 44.6 Å². The van der Waals surface area contributed by atoms with Crippen LogP contribution < -0.4 is 24.7 Å². The molecule has 412 valence electrons. The van der Waals surface area contributed by atoms with Crippen LogP contribution in [-0.4, -0.2) is 115 Å². The van der Waals surface area contributed by atoms with E-state index in [1.165, 1.54) is 55.2 Å². The number of carboxylic acid groups (broad SMARTS) is 1. The SMILES string of the molecule is C=CC(C)=O.CC(=O)CCc1ccn2c(C(=O)O)cnc2c1.CCOC(=O)c1cnc2cc(/C=C/C(C)=O)ccn12.CCOC(=O)c1cnc2cc(Br)ccn12.CCOC(=O)c1cnc2cc(CCC(C)=O)ccn12.N[N-]O.[Li+]. The smallest absolute Gasteiger partial charge is 0.488 e. The van der Waals surface area contributed by atoms with Gasteiger partial charge in [-0.15, -0.1) is 0 Å². The van der Waals surface area contributed by atoms with Crippen molar-refractivity contribution in [3.05, 3.63) is 166 Å². The Balaban J connectivity index is 0.000000343. The maximum atomic E-state index is 11.7. The Bertz CT molecular complexity index is 3420. The number of aromatic carboxylic acids is 1. The second-order valence-corrected chi connectivity index (χ2v) is 17.0. The number of esters is 3. The topological polar surface area (TPSA) is 314 Å². The summed E-state index contributed by atoms with van der Waals surface area (Å²) in [5.74, 6) is 2.19. The number of halogens is 1. The van der Waals surface area contributed by atoms with E-state index in [1.807, 2.05) is 35.9 Å². The van der Waals surface area contributed by atoms with Gasteiger partial charge in [-0.3, -0.25) is 27.2 Å². The number of aromatic nitrogens is 8. The van der Waals surface area contributed by atoms with Crippen LogP contribution in [0.15, 0.2) is 121 Å². The standard InChI is InChI=1S/C14H16N2O3.C14H14N2O3.C12H12N2O3.C10H9BrN2O2.C4H6O.Li.H3N2O/c2*1-3-19-14(18)12-9-15-13-8-11(5-4-10(2)17)6-7-16(12)13;1-8(15)2-3-9-4-5-14-10(12(16)17)7-13-11(14)6-9;1-2-15-10(14)8-6-12-9-5-7(11)3-4-13(8)9;1-3-4(2)5;;1-2-3/h6-9H,3-5H2,1-2H3;4-9H,3H2,1-2H3;4-7H,2-3H2,1H3,(H,16,17);3-6H,2H2,1H3;3H,1H2,2H3;;3H,1H2/q;;;;;+1;-1/b;5-4+;;;;;. The molecule has 8 aromatic rings. The van der Waals surface area contributed by atoms with Crippen LogP contribution in [-0.2, 0) is 46.2 Å². The zero-order chi connectivity index (χ0) is 57.9. The zero-order valence-corrected chi connectivity index (χ0v) is 46.6. The van der Waals surface area contributed by atoms with Crippen molar-refractivity contribution in [1.29, 1.82) is 0 Å². The number of ether oxygens (including phenoxy) is 3. The van der Waals surface area contributed by atoms with Crippen molar-refractivity contribution in [3.63, 3.8) is 0 Å². The number of allylic oxidation sites excluding steroid dienone is 2. The van der Waals surface area contributed by atoms with E-state index in [1.54, 1.807) is 96.9 Å². The molecule has 0 bridgehead atoms. The minimum absolute atomic E-state index is 0. The van der Waals surface area contributed by atoms with E-state index in [-0.39, 0.29) is 59.6 Å². The molecule has 8 heterocycles. The number of carbonyl (C=O) groups excluding carboxylic acids is 7. The maximum Gasteiger partial charge on any atom is 1.00 e. The largest absolute Gasteiger partial charge is 1.00 e. The molecule has 0 spiro atoms. The van der Waals surface area contributed by atoms with Gasteiger partial charge in [0.2, 0.25) is 0 Å². The van der Waals surface area contributed by atoms with Gasteiger partial charge in [0.25, 0.3) is 0 Å². The summed E-state index contributed by atoms with van der Waals surface area (Å²) >= 11 is 3.34. The number of aryl methyl sites for hydroxylation is 2. The third-order valence-electron chi connectivity index (χ3n) is 10.2. The van der Waals surface area contributed by atoms with Crippen molar-refractivity contribution in [2.75, 3.05) is 19.8 Å². The van der Waals surface area contributed by atoms with E-state index in [0.717, 1.165) is 21.2 Å². The second kappa shape index (κ2) is 34.5. The quantitative estimate of drug-likeness (QED) is 0.0274. The third kappa shape index (κ3) is 21.6. The van der Waals surface area contributed by atoms with Gasteiger partial charge in [0, 0.05) is 42.1 Å². The Morgan fingerprint density at radius 1 is 0.595 bits per heavy atom. The van der Waals surface area contributed by atoms with E-state index in [2.05, 4.69) is 48.3 Å². The molecular formula is C54H60BrLiN10O13. The molecule has 0 fully saturated rings.